The largest absolute Gasteiger partial charge is 0.383 e. The lowest BCUT2D eigenvalue weighted by Gasteiger charge is -2.09. The molecular formula is C19H24ClN3O4S. The van der Waals surface area contributed by atoms with Crippen LogP contribution >= 0.6 is 12.4 Å². The number of methoxy groups -OCH3 is 1. The molecule has 9 heteroatoms. The molecule has 1 amide bonds. The number of hydrogen-bond donors (Lipinski definition) is 3. The van der Waals surface area contributed by atoms with Crippen LogP contribution in [-0.2, 0) is 34.4 Å². The summed E-state index contributed by atoms with van der Waals surface area (Å²) in [5.41, 5.74) is 4.00. The van der Waals surface area contributed by atoms with Crippen molar-refractivity contribution in [3.05, 3.63) is 64.7 Å². The van der Waals surface area contributed by atoms with Crippen LogP contribution in [0.5, 0.6) is 0 Å². The zero-order chi connectivity index (χ0) is 19.3. The van der Waals surface area contributed by atoms with Gasteiger partial charge in [-0.15, -0.1) is 12.4 Å². The lowest BCUT2D eigenvalue weighted by Crippen LogP contribution is -2.27. The minimum atomic E-state index is -3.60. The van der Waals surface area contributed by atoms with Crippen LogP contribution in [0.3, 0.4) is 0 Å². The molecule has 0 atom stereocenters. The molecule has 0 radical (unpaired) electrons. The minimum absolute atomic E-state index is 0. The highest BCUT2D eigenvalue weighted by Gasteiger charge is 2.15. The molecule has 0 aromatic heterocycles. The topological polar surface area (TPSA) is 96.5 Å². The zero-order valence-electron chi connectivity index (χ0n) is 15.5. The first-order valence-electron chi connectivity index (χ1n) is 8.68. The number of sulfonamides is 1. The lowest BCUT2D eigenvalue weighted by molar-refractivity contribution is 0.0951. The average Bonchev–Trinajstić information content (AvgIpc) is 3.14. The fraction of sp³-hybridized carbons (Fsp3) is 0.316. The molecule has 7 nitrogen and oxygen atoms in total. The number of fused-ring (bicyclic) bond motifs is 1. The van der Waals surface area contributed by atoms with Crippen LogP contribution in [0, 0.1) is 0 Å². The number of amides is 1. The van der Waals surface area contributed by atoms with Crippen LogP contribution in [0.1, 0.15) is 27.0 Å². The summed E-state index contributed by atoms with van der Waals surface area (Å²) < 4.78 is 31.5. The molecule has 2 aromatic carbocycles. The molecule has 0 aliphatic carbocycles. The molecule has 2 aromatic rings. The van der Waals surface area contributed by atoms with Gasteiger partial charge in [0.05, 0.1) is 11.5 Å². The van der Waals surface area contributed by atoms with E-state index < -0.39 is 10.0 Å². The van der Waals surface area contributed by atoms with E-state index in [9.17, 15) is 13.2 Å². The summed E-state index contributed by atoms with van der Waals surface area (Å²) in [5.74, 6) is -0.245. The van der Waals surface area contributed by atoms with Crippen LogP contribution in [0.15, 0.2) is 47.4 Å². The fourth-order valence-corrected chi connectivity index (χ4v) is 3.90. The Kier molecular flexibility index (Phi) is 7.97. The quantitative estimate of drug-likeness (QED) is 0.558. The van der Waals surface area contributed by atoms with Crippen LogP contribution < -0.4 is 15.4 Å². The normalized spacial score (nSPS) is 12.9. The Balaban J connectivity index is 0.00000280. The van der Waals surface area contributed by atoms with Gasteiger partial charge >= 0.3 is 0 Å². The Morgan fingerprint density at radius 1 is 1.11 bits per heavy atom. The second-order valence-electron chi connectivity index (χ2n) is 6.30. The van der Waals surface area contributed by atoms with E-state index >= 15 is 0 Å². The summed E-state index contributed by atoms with van der Waals surface area (Å²) in [4.78, 5) is 12.4. The summed E-state index contributed by atoms with van der Waals surface area (Å²) >= 11 is 0. The summed E-state index contributed by atoms with van der Waals surface area (Å²) in [6.45, 7) is 2.64. The summed E-state index contributed by atoms with van der Waals surface area (Å²) in [6.07, 6.45) is 0. The lowest BCUT2D eigenvalue weighted by atomic mass is 10.1. The van der Waals surface area contributed by atoms with E-state index in [0.717, 1.165) is 18.7 Å². The van der Waals surface area contributed by atoms with E-state index in [1.54, 1.807) is 0 Å². The molecule has 0 fully saturated rings. The third kappa shape index (κ3) is 5.52. The number of nitrogens with one attached hydrogen (secondary N) is 3. The van der Waals surface area contributed by atoms with Crippen molar-refractivity contribution in [2.75, 3.05) is 20.3 Å². The Morgan fingerprint density at radius 3 is 2.54 bits per heavy atom. The highest BCUT2D eigenvalue weighted by Crippen LogP contribution is 2.17. The van der Waals surface area contributed by atoms with Gasteiger partial charge in [0.15, 0.2) is 0 Å². The number of carbonyl (C=O) groups is 1. The first-order valence-corrected chi connectivity index (χ1v) is 10.2. The van der Waals surface area contributed by atoms with Crippen LogP contribution in [0.25, 0.3) is 0 Å². The highest BCUT2D eigenvalue weighted by molar-refractivity contribution is 7.89. The molecular weight excluding hydrogens is 402 g/mol. The van der Waals surface area contributed by atoms with Crippen molar-refractivity contribution in [1.82, 2.24) is 15.4 Å². The smallest absolute Gasteiger partial charge is 0.251 e. The van der Waals surface area contributed by atoms with Gasteiger partial charge in [-0.05, 0) is 41.0 Å². The molecule has 0 saturated heterocycles. The number of rotatable bonds is 8. The first-order chi connectivity index (χ1) is 13.0. The van der Waals surface area contributed by atoms with Gasteiger partial charge in [0.1, 0.15) is 0 Å². The van der Waals surface area contributed by atoms with Gasteiger partial charge in [0.2, 0.25) is 10.0 Å². The van der Waals surface area contributed by atoms with Crippen molar-refractivity contribution in [2.24, 2.45) is 0 Å². The van der Waals surface area contributed by atoms with Gasteiger partial charge in [-0.2, -0.15) is 0 Å². The van der Waals surface area contributed by atoms with E-state index in [0.29, 0.717) is 18.7 Å². The van der Waals surface area contributed by atoms with Crippen LogP contribution in [0.4, 0.5) is 0 Å². The molecule has 1 aliphatic heterocycles. The van der Waals surface area contributed by atoms with E-state index in [4.69, 9.17) is 4.74 Å². The summed E-state index contributed by atoms with van der Waals surface area (Å²) in [7, 11) is -2.10. The fourth-order valence-electron chi connectivity index (χ4n) is 2.89. The monoisotopic (exact) mass is 425 g/mol. The molecule has 0 bridgehead atoms. The molecule has 152 valence electrons. The van der Waals surface area contributed by atoms with Crippen molar-refractivity contribution in [3.63, 3.8) is 0 Å². The number of hydrogen-bond acceptors (Lipinski definition) is 5. The molecule has 1 heterocycles. The zero-order valence-corrected chi connectivity index (χ0v) is 17.2. The molecule has 3 rings (SSSR count). The van der Waals surface area contributed by atoms with E-state index in [2.05, 4.69) is 27.5 Å². The van der Waals surface area contributed by atoms with Gasteiger partial charge in [0, 0.05) is 38.9 Å². The second-order valence-corrected chi connectivity index (χ2v) is 8.07. The highest BCUT2D eigenvalue weighted by atomic mass is 35.5. The Morgan fingerprint density at radius 2 is 1.82 bits per heavy atom. The predicted molar refractivity (Wildman–Crippen MR) is 109 cm³/mol. The second kappa shape index (κ2) is 9.99. The van der Waals surface area contributed by atoms with Crippen molar-refractivity contribution in [1.29, 1.82) is 0 Å². The average molecular weight is 426 g/mol. The van der Waals surface area contributed by atoms with Crippen LogP contribution in [-0.4, -0.2) is 34.6 Å². The molecule has 0 spiro atoms. The first kappa shape index (κ1) is 22.3. The van der Waals surface area contributed by atoms with Gasteiger partial charge < -0.3 is 15.4 Å². The maximum absolute atomic E-state index is 12.3. The summed E-state index contributed by atoms with van der Waals surface area (Å²) in [5, 5.41) is 6.16. The van der Waals surface area contributed by atoms with Crippen LogP contribution in [0.2, 0.25) is 0 Å². The Labute approximate surface area is 171 Å². The molecule has 3 N–H and O–H groups in total. The van der Waals surface area contributed by atoms with E-state index in [1.165, 1.54) is 42.5 Å². The standard InChI is InChI=1S/C19H23N3O4S.ClH/c1-26-9-8-22-27(24,25)18-6-4-15(5-7-18)19(23)21-11-14-2-3-16-12-20-13-17(16)10-14;/h2-7,10,20,22H,8-9,11-13H2,1H3,(H,21,23);1H. The van der Waals surface area contributed by atoms with Gasteiger partial charge in [-0.1, -0.05) is 18.2 Å². The number of halogens is 1. The van der Waals surface area contributed by atoms with Crippen molar-refractivity contribution in [2.45, 2.75) is 24.5 Å². The SMILES string of the molecule is COCCNS(=O)(=O)c1ccc(C(=O)NCc2ccc3c(c2)CNC3)cc1.Cl. The molecule has 28 heavy (non-hydrogen) atoms. The number of carbonyl (C=O) groups excluding carboxylic acids is 1. The molecule has 1 aliphatic rings. The van der Waals surface area contributed by atoms with Crippen molar-refractivity contribution in [3.8, 4) is 0 Å². The molecule has 0 saturated carbocycles. The third-order valence-corrected chi connectivity index (χ3v) is 5.86. The summed E-state index contributed by atoms with van der Waals surface area (Å²) in [6, 6.07) is 12.0. The number of ether oxygens (including phenoxy) is 1. The molecule has 0 unspecified atom stereocenters. The predicted octanol–water partition coefficient (Wildman–Crippen LogP) is 1.57. The van der Waals surface area contributed by atoms with Gasteiger partial charge in [-0.25, -0.2) is 13.1 Å². The third-order valence-electron chi connectivity index (χ3n) is 4.38. The van der Waals surface area contributed by atoms with Gasteiger partial charge in [0.25, 0.3) is 5.91 Å². The van der Waals surface area contributed by atoms with Crippen molar-refractivity contribution >= 4 is 28.3 Å². The van der Waals surface area contributed by atoms with E-state index in [-0.39, 0.29) is 29.8 Å². The maximum atomic E-state index is 12.3. The van der Waals surface area contributed by atoms with E-state index in [1.807, 2.05) is 6.07 Å². The Bertz CT molecular complexity index is 917. The Hall–Kier alpha value is -1.97. The van der Waals surface area contributed by atoms with Crippen molar-refractivity contribution < 1.29 is 17.9 Å². The maximum Gasteiger partial charge on any atom is 0.251 e. The minimum Gasteiger partial charge on any atom is -0.383 e. The number of benzene rings is 2. The van der Waals surface area contributed by atoms with Gasteiger partial charge in [-0.3, -0.25) is 4.79 Å².